The predicted molar refractivity (Wildman–Crippen MR) is 53.2 cm³/mol. The van der Waals surface area contributed by atoms with E-state index in [1.54, 1.807) is 6.20 Å². The Morgan fingerprint density at radius 3 is 2.79 bits per heavy atom. The molecule has 0 fully saturated rings. The fourth-order valence-electron chi connectivity index (χ4n) is 0.812. The molecule has 2 N–H and O–H groups in total. The minimum Gasteiger partial charge on any atom is -0.340 e. The van der Waals surface area contributed by atoms with Gasteiger partial charge in [0.15, 0.2) is 0 Å². The van der Waals surface area contributed by atoms with Crippen molar-refractivity contribution in [3.63, 3.8) is 0 Å². The second-order valence-electron chi connectivity index (χ2n) is 2.91. The molecule has 6 nitrogen and oxygen atoms in total. The zero-order valence-corrected chi connectivity index (χ0v) is 9.43. The summed E-state index contributed by atoms with van der Waals surface area (Å²) in [5.74, 6) is 0. The van der Waals surface area contributed by atoms with Crippen LogP contribution in [0.4, 0.5) is 0 Å². The second-order valence-corrected chi connectivity index (χ2v) is 5.14. The SMILES string of the molecule is CN(C)Cc1cnc(OS(N)(=O)=O)s1. The van der Waals surface area contributed by atoms with E-state index < -0.39 is 10.3 Å². The summed E-state index contributed by atoms with van der Waals surface area (Å²) in [5, 5.41) is 4.73. The van der Waals surface area contributed by atoms with Crippen molar-refractivity contribution in [1.29, 1.82) is 0 Å². The Bertz CT molecular complexity index is 398. The maximum Gasteiger partial charge on any atom is 0.382 e. The minimum absolute atomic E-state index is 0.0457. The molecule has 0 unspecified atom stereocenters. The summed E-state index contributed by atoms with van der Waals surface area (Å²) in [5.41, 5.74) is 0. The zero-order chi connectivity index (χ0) is 10.8. The summed E-state index contributed by atoms with van der Waals surface area (Å²) in [6.07, 6.45) is 1.56. The van der Waals surface area contributed by atoms with Crippen molar-refractivity contribution in [2.24, 2.45) is 5.14 Å². The van der Waals surface area contributed by atoms with Crippen molar-refractivity contribution in [3.8, 4) is 5.19 Å². The first-order valence-corrected chi connectivity index (χ1v) is 5.97. The van der Waals surface area contributed by atoms with Crippen LogP contribution in [0.15, 0.2) is 6.20 Å². The molecule has 1 aromatic rings. The van der Waals surface area contributed by atoms with Gasteiger partial charge in [0.2, 0.25) is 0 Å². The summed E-state index contributed by atoms with van der Waals surface area (Å²) >= 11 is 1.15. The number of nitrogens with two attached hydrogens (primary N) is 1. The van der Waals surface area contributed by atoms with Gasteiger partial charge in [-0.05, 0) is 14.1 Å². The first kappa shape index (κ1) is 11.4. The van der Waals surface area contributed by atoms with Gasteiger partial charge in [0.05, 0.1) is 0 Å². The average molecular weight is 237 g/mol. The van der Waals surface area contributed by atoms with Crippen LogP contribution in [0, 0.1) is 0 Å². The monoisotopic (exact) mass is 237 g/mol. The van der Waals surface area contributed by atoms with Crippen LogP contribution in [-0.2, 0) is 16.8 Å². The molecule has 1 heterocycles. The Morgan fingerprint density at radius 1 is 1.64 bits per heavy atom. The highest BCUT2D eigenvalue weighted by Gasteiger charge is 2.09. The minimum atomic E-state index is -3.96. The molecule has 80 valence electrons. The third kappa shape index (κ3) is 4.01. The van der Waals surface area contributed by atoms with E-state index in [1.807, 2.05) is 19.0 Å². The third-order valence-corrected chi connectivity index (χ3v) is 2.55. The molecule has 0 aliphatic rings. The number of hydrogen-bond acceptors (Lipinski definition) is 6. The van der Waals surface area contributed by atoms with Crippen molar-refractivity contribution in [1.82, 2.24) is 9.88 Å². The maximum absolute atomic E-state index is 10.5. The van der Waals surface area contributed by atoms with Gasteiger partial charge < -0.3 is 9.08 Å². The topological polar surface area (TPSA) is 85.5 Å². The Kier molecular flexibility index (Phi) is 3.43. The number of hydrogen-bond donors (Lipinski definition) is 1. The van der Waals surface area contributed by atoms with Crippen LogP contribution in [0.2, 0.25) is 0 Å². The maximum atomic E-state index is 10.5. The summed E-state index contributed by atoms with van der Waals surface area (Å²) in [6, 6.07) is 0. The Balaban J connectivity index is 2.69. The highest BCUT2D eigenvalue weighted by atomic mass is 32.2. The highest BCUT2D eigenvalue weighted by molar-refractivity contribution is 7.84. The summed E-state index contributed by atoms with van der Waals surface area (Å²) in [6.45, 7) is 0.686. The molecule has 0 saturated heterocycles. The van der Waals surface area contributed by atoms with E-state index >= 15 is 0 Å². The molecule has 0 aromatic carbocycles. The Hall–Kier alpha value is -0.700. The molecule has 0 atom stereocenters. The normalized spacial score (nSPS) is 12.0. The molecule has 14 heavy (non-hydrogen) atoms. The van der Waals surface area contributed by atoms with E-state index in [0.29, 0.717) is 6.54 Å². The first-order chi connectivity index (χ1) is 6.37. The van der Waals surface area contributed by atoms with Gasteiger partial charge in [0.1, 0.15) is 0 Å². The van der Waals surface area contributed by atoms with E-state index in [-0.39, 0.29) is 5.19 Å². The quantitative estimate of drug-likeness (QED) is 0.783. The van der Waals surface area contributed by atoms with Gasteiger partial charge in [-0.3, -0.25) is 0 Å². The fraction of sp³-hybridized carbons (Fsp3) is 0.500. The van der Waals surface area contributed by atoms with Crippen molar-refractivity contribution in [2.45, 2.75) is 6.54 Å². The molecule has 0 spiro atoms. The van der Waals surface area contributed by atoms with Gasteiger partial charge in [0, 0.05) is 17.6 Å². The Labute approximate surface area is 86.6 Å². The molecule has 1 aromatic heterocycles. The lowest BCUT2D eigenvalue weighted by molar-refractivity contribution is 0.406. The van der Waals surface area contributed by atoms with Gasteiger partial charge in [0.25, 0.3) is 5.19 Å². The molecular formula is C6H11N3O3S2. The molecular weight excluding hydrogens is 226 g/mol. The molecule has 1 rings (SSSR count). The number of thiazole rings is 1. The lowest BCUT2D eigenvalue weighted by atomic mass is 10.5. The predicted octanol–water partition coefficient (Wildman–Crippen LogP) is -0.213. The van der Waals surface area contributed by atoms with Crippen LogP contribution in [-0.4, -0.2) is 32.4 Å². The number of aromatic nitrogens is 1. The molecule has 0 radical (unpaired) electrons. The van der Waals surface area contributed by atoms with Gasteiger partial charge in [-0.15, -0.1) is 0 Å². The van der Waals surface area contributed by atoms with Gasteiger partial charge in [-0.2, -0.15) is 13.6 Å². The van der Waals surface area contributed by atoms with Crippen molar-refractivity contribution in [2.75, 3.05) is 14.1 Å². The Morgan fingerprint density at radius 2 is 2.29 bits per heavy atom. The molecule has 0 amide bonds. The van der Waals surface area contributed by atoms with Gasteiger partial charge in [-0.25, -0.2) is 4.98 Å². The van der Waals surface area contributed by atoms with Crippen LogP contribution in [0.25, 0.3) is 0 Å². The smallest absolute Gasteiger partial charge is 0.340 e. The largest absolute Gasteiger partial charge is 0.382 e. The highest BCUT2D eigenvalue weighted by Crippen LogP contribution is 2.21. The summed E-state index contributed by atoms with van der Waals surface area (Å²) < 4.78 is 25.5. The second kappa shape index (κ2) is 4.22. The van der Waals surface area contributed by atoms with E-state index in [2.05, 4.69) is 14.3 Å². The third-order valence-electron chi connectivity index (χ3n) is 1.19. The first-order valence-electron chi connectivity index (χ1n) is 3.68. The van der Waals surface area contributed by atoms with Crippen LogP contribution in [0.1, 0.15) is 4.88 Å². The van der Waals surface area contributed by atoms with Crippen molar-refractivity contribution < 1.29 is 12.6 Å². The lowest BCUT2D eigenvalue weighted by Gasteiger charge is -2.05. The van der Waals surface area contributed by atoms with Crippen LogP contribution >= 0.6 is 11.3 Å². The fourth-order valence-corrected chi connectivity index (χ4v) is 2.23. The van der Waals surface area contributed by atoms with Crippen LogP contribution in [0.5, 0.6) is 5.19 Å². The number of nitrogens with zero attached hydrogens (tertiary/aromatic N) is 2. The van der Waals surface area contributed by atoms with Gasteiger partial charge in [-0.1, -0.05) is 11.3 Å². The van der Waals surface area contributed by atoms with Crippen LogP contribution < -0.4 is 9.32 Å². The summed E-state index contributed by atoms with van der Waals surface area (Å²) in [7, 11) is -0.153. The van der Waals surface area contributed by atoms with E-state index in [1.165, 1.54) is 0 Å². The van der Waals surface area contributed by atoms with E-state index in [4.69, 9.17) is 0 Å². The molecule has 8 heteroatoms. The summed E-state index contributed by atoms with van der Waals surface area (Å²) in [4.78, 5) is 6.61. The molecule has 0 bridgehead atoms. The molecule has 0 saturated carbocycles. The average Bonchev–Trinajstić information content (AvgIpc) is 2.30. The van der Waals surface area contributed by atoms with Crippen molar-refractivity contribution >= 4 is 21.6 Å². The van der Waals surface area contributed by atoms with E-state index in [9.17, 15) is 8.42 Å². The van der Waals surface area contributed by atoms with Crippen molar-refractivity contribution in [3.05, 3.63) is 11.1 Å². The molecule has 0 aliphatic carbocycles. The van der Waals surface area contributed by atoms with E-state index in [0.717, 1.165) is 16.2 Å². The zero-order valence-electron chi connectivity index (χ0n) is 7.80. The standard InChI is InChI=1S/C6H11N3O3S2/c1-9(2)4-5-3-8-6(13-5)12-14(7,10)11/h3H,4H2,1-2H3,(H2,7,10,11). The van der Waals surface area contributed by atoms with Gasteiger partial charge >= 0.3 is 10.3 Å². The molecule has 0 aliphatic heterocycles. The van der Waals surface area contributed by atoms with Crippen LogP contribution in [0.3, 0.4) is 0 Å². The number of rotatable bonds is 4. The lowest BCUT2D eigenvalue weighted by Crippen LogP contribution is -2.18.